The minimum absolute atomic E-state index is 0.0278. The van der Waals surface area contributed by atoms with Crippen LogP contribution in [0.4, 0.5) is 0 Å². The van der Waals surface area contributed by atoms with Crippen LogP contribution < -0.4 is 4.74 Å². The number of rotatable bonds is 9. The third-order valence-corrected chi connectivity index (χ3v) is 5.00. The van der Waals surface area contributed by atoms with Crippen LogP contribution in [0.25, 0.3) is 0 Å². The van der Waals surface area contributed by atoms with Gasteiger partial charge in [0.1, 0.15) is 5.75 Å². The summed E-state index contributed by atoms with van der Waals surface area (Å²) in [6, 6.07) is 15.1. The summed E-state index contributed by atoms with van der Waals surface area (Å²) in [5.41, 5.74) is 1.65. The first-order valence-electron chi connectivity index (χ1n) is 9.38. The van der Waals surface area contributed by atoms with Gasteiger partial charge in [0.15, 0.2) is 0 Å². The van der Waals surface area contributed by atoms with E-state index < -0.39 is 0 Å². The number of carbonyl (C=O) groups excluding carboxylic acids is 2. The zero-order valence-electron chi connectivity index (χ0n) is 16.7. The molecular weight excluding hydrogens is 420 g/mol. The number of carbonyl (C=O) groups is 2. The van der Waals surface area contributed by atoms with E-state index in [0.717, 1.165) is 15.8 Å². The maximum Gasteiger partial charge on any atom is 0.253 e. The lowest BCUT2D eigenvalue weighted by atomic mass is 10.1. The molecule has 2 aromatic carbocycles. The van der Waals surface area contributed by atoms with Crippen LogP contribution in [0.3, 0.4) is 0 Å². The van der Waals surface area contributed by atoms with Gasteiger partial charge in [-0.15, -0.1) is 0 Å². The van der Waals surface area contributed by atoms with Crippen molar-refractivity contribution in [1.29, 1.82) is 0 Å². The summed E-state index contributed by atoms with van der Waals surface area (Å²) in [6.45, 7) is 3.64. The van der Waals surface area contributed by atoms with E-state index in [2.05, 4.69) is 15.9 Å². The van der Waals surface area contributed by atoms with Crippen LogP contribution in [0.1, 0.15) is 35.7 Å². The zero-order chi connectivity index (χ0) is 20.5. The molecule has 0 fully saturated rings. The van der Waals surface area contributed by atoms with E-state index in [-0.39, 0.29) is 11.8 Å². The third-order valence-electron chi connectivity index (χ3n) is 4.34. The molecule has 6 heteroatoms. The Morgan fingerprint density at radius 2 is 1.71 bits per heavy atom. The second kappa shape index (κ2) is 10.9. The van der Waals surface area contributed by atoms with Crippen molar-refractivity contribution < 1.29 is 14.3 Å². The fraction of sp³-hybridized carbons (Fsp3) is 0.364. The lowest BCUT2D eigenvalue weighted by Gasteiger charge is -2.21. The van der Waals surface area contributed by atoms with Crippen molar-refractivity contribution in [3.05, 3.63) is 64.1 Å². The molecule has 0 N–H and O–H groups in total. The van der Waals surface area contributed by atoms with Gasteiger partial charge in [-0.3, -0.25) is 9.59 Å². The molecule has 0 radical (unpaired) electrons. The fourth-order valence-electron chi connectivity index (χ4n) is 2.73. The molecule has 0 aliphatic carbocycles. The van der Waals surface area contributed by atoms with Crippen LogP contribution >= 0.6 is 15.9 Å². The van der Waals surface area contributed by atoms with E-state index in [0.29, 0.717) is 38.1 Å². The fourth-order valence-corrected chi connectivity index (χ4v) is 3.13. The van der Waals surface area contributed by atoms with Crippen molar-refractivity contribution in [1.82, 2.24) is 9.80 Å². The minimum Gasteiger partial charge on any atom is -0.492 e. The first-order chi connectivity index (χ1) is 13.4. The Bertz CT molecular complexity index is 791. The van der Waals surface area contributed by atoms with Crippen molar-refractivity contribution >= 4 is 27.7 Å². The summed E-state index contributed by atoms with van der Waals surface area (Å²) >= 11 is 3.45. The standard InChI is InChI=1S/C22H27BrN2O3/c1-4-25(16-17-11-13-18(14-12-17)22(27)24(2)3)21(26)10-7-15-28-20-9-6-5-8-19(20)23/h5-6,8-9,11-14H,4,7,10,15-16H2,1-3H3. The summed E-state index contributed by atoms with van der Waals surface area (Å²) < 4.78 is 6.63. The SMILES string of the molecule is CCN(Cc1ccc(C(=O)N(C)C)cc1)C(=O)CCCOc1ccccc1Br. The molecular formula is C22H27BrN2O3. The number of hydrogen-bond acceptors (Lipinski definition) is 3. The molecule has 150 valence electrons. The first kappa shape index (κ1) is 22.0. The number of hydrogen-bond donors (Lipinski definition) is 0. The molecule has 0 bridgehead atoms. The molecule has 0 aromatic heterocycles. The molecule has 2 amide bonds. The Hall–Kier alpha value is -2.34. The quantitative estimate of drug-likeness (QED) is 0.537. The van der Waals surface area contributed by atoms with Crippen LogP contribution in [-0.4, -0.2) is 48.9 Å². The highest BCUT2D eigenvalue weighted by molar-refractivity contribution is 9.10. The second-order valence-corrected chi connectivity index (χ2v) is 7.54. The van der Waals surface area contributed by atoms with E-state index in [1.807, 2.05) is 60.4 Å². The van der Waals surface area contributed by atoms with Crippen LogP contribution in [0, 0.1) is 0 Å². The van der Waals surface area contributed by atoms with Gasteiger partial charge in [-0.25, -0.2) is 0 Å². The Morgan fingerprint density at radius 3 is 2.32 bits per heavy atom. The third kappa shape index (κ3) is 6.37. The van der Waals surface area contributed by atoms with E-state index in [9.17, 15) is 9.59 Å². The second-order valence-electron chi connectivity index (χ2n) is 6.69. The number of amides is 2. The Labute approximate surface area is 175 Å². The van der Waals surface area contributed by atoms with Gasteiger partial charge in [0.05, 0.1) is 11.1 Å². The molecule has 28 heavy (non-hydrogen) atoms. The highest BCUT2D eigenvalue weighted by Crippen LogP contribution is 2.23. The van der Waals surface area contributed by atoms with Crippen molar-refractivity contribution in [2.45, 2.75) is 26.3 Å². The molecule has 0 saturated heterocycles. The predicted molar refractivity (Wildman–Crippen MR) is 114 cm³/mol. The van der Waals surface area contributed by atoms with Crippen molar-refractivity contribution in [2.75, 3.05) is 27.2 Å². The highest BCUT2D eigenvalue weighted by Gasteiger charge is 2.13. The maximum absolute atomic E-state index is 12.5. The van der Waals surface area contributed by atoms with Crippen LogP contribution in [-0.2, 0) is 11.3 Å². The summed E-state index contributed by atoms with van der Waals surface area (Å²) in [5, 5.41) is 0. The van der Waals surface area contributed by atoms with Gasteiger partial charge in [-0.2, -0.15) is 0 Å². The highest BCUT2D eigenvalue weighted by atomic mass is 79.9. The van der Waals surface area contributed by atoms with E-state index in [1.54, 1.807) is 19.0 Å². The molecule has 5 nitrogen and oxygen atoms in total. The van der Waals surface area contributed by atoms with Crippen molar-refractivity contribution in [3.63, 3.8) is 0 Å². The largest absolute Gasteiger partial charge is 0.492 e. The lowest BCUT2D eigenvalue weighted by molar-refractivity contribution is -0.131. The minimum atomic E-state index is -0.0278. The molecule has 2 aromatic rings. The van der Waals surface area contributed by atoms with Crippen LogP contribution in [0.2, 0.25) is 0 Å². The Kier molecular flexibility index (Phi) is 8.51. The number of para-hydroxylation sites is 1. The summed E-state index contributed by atoms with van der Waals surface area (Å²) in [4.78, 5) is 27.9. The monoisotopic (exact) mass is 446 g/mol. The first-order valence-corrected chi connectivity index (χ1v) is 10.2. The number of benzene rings is 2. The summed E-state index contributed by atoms with van der Waals surface area (Å²) in [5.74, 6) is 0.862. The van der Waals surface area contributed by atoms with Gasteiger partial charge < -0.3 is 14.5 Å². The molecule has 0 spiro atoms. The predicted octanol–water partition coefficient (Wildman–Crippen LogP) is 4.36. The normalized spacial score (nSPS) is 10.4. The molecule has 0 atom stereocenters. The maximum atomic E-state index is 12.5. The molecule has 2 rings (SSSR count). The number of halogens is 1. The van der Waals surface area contributed by atoms with Gasteiger partial charge in [-0.1, -0.05) is 24.3 Å². The van der Waals surface area contributed by atoms with Crippen LogP contribution in [0.5, 0.6) is 5.75 Å². The molecule has 0 unspecified atom stereocenters. The van der Waals surface area contributed by atoms with Gasteiger partial charge >= 0.3 is 0 Å². The topological polar surface area (TPSA) is 49.9 Å². The van der Waals surface area contributed by atoms with E-state index in [1.165, 1.54) is 0 Å². The van der Waals surface area contributed by atoms with Gasteiger partial charge in [0.2, 0.25) is 5.91 Å². The van der Waals surface area contributed by atoms with E-state index >= 15 is 0 Å². The van der Waals surface area contributed by atoms with Gasteiger partial charge in [-0.05, 0) is 59.1 Å². The average molecular weight is 447 g/mol. The lowest BCUT2D eigenvalue weighted by Crippen LogP contribution is -2.30. The zero-order valence-corrected chi connectivity index (χ0v) is 18.2. The summed E-state index contributed by atoms with van der Waals surface area (Å²) in [6.07, 6.45) is 1.10. The van der Waals surface area contributed by atoms with Crippen molar-refractivity contribution in [3.8, 4) is 5.75 Å². The molecule has 0 saturated carbocycles. The Balaban J connectivity index is 1.82. The molecule has 0 aliphatic rings. The summed E-state index contributed by atoms with van der Waals surface area (Å²) in [7, 11) is 3.46. The van der Waals surface area contributed by atoms with E-state index in [4.69, 9.17) is 4.74 Å². The Morgan fingerprint density at radius 1 is 1.04 bits per heavy atom. The average Bonchev–Trinajstić information content (AvgIpc) is 2.70. The van der Waals surface area contributed by atoms with Gasteiger partial charge in [0, 0.05) is 39.2 Å². The van der Waals surface area contributed by atoms with Crippen molar-refractivity contribution in [2.24, 2.45) is 0 Å². The van der Waals surface area contributed by atoms with Gasteiger partial charge in [0.25, 0.3) is 5.91 Å². The smallest absolute Gasteiger partial charge is 0.253 e. The van der Waals surface area contributed by atoms with Crippen LogP contribution in [0.15, 0.2) is 53.0 Å². The molecule has 0 heterocycles. The molecule has 0 aliphatic heterocycles. The number of nitrogens with zero attached hydrogens (tertiary/aromatic N) is 2. The number of ether oxygens (including phenoxy) is 1.